The predicted molar refractivity (Wildman–Crippen MR) is 70.4 cm³/mol. The fourth-order valence-electron chi connectivity index (χ4n) is 2.24. The lowest BCUT2D eigenvalue weighted by atomic mass is 10.4. The van der Waals surface area contributed by atoms with E-state index in [4.69, 9.17) is 0 Å². The van der Waals surface area contributed by atoms with E-state index in [1.165, 1.54) is 13.0 Å². The van der Waals surface area contributed by atoms with E-state index < -0.39 is 0 Å². The Kier molecular flexibility index (Phi) is 4.39. The number of nitrogens with one attached hydrogen (secondary N) is 2. The Morgan fingerprint density at radius 3 is 3.06 bits per heavy atom. The minimum atomic E-state index is 0.985. The number of aromatic nitrogens is 2. The van der Waals surface area contributed by atoms with Gasteiger partial charge in [-0.2, -0.15) is 5.10 Å². The first-order valence-corrected chi connectivity index (χ1v) is 6.43. The highest BCUT2D eigenvalue weighted by Gasteiger charge is 2.08. The third-order valence-corrected chi connectivity index (χ3v) is 3.17. The molecule has 1 aromatic rings. The molecule has 96 valence electrons. The highest BCUT2D eigenvalue weighted by molar-refractivity contribution is 5.36. The monoisotopic (exact) mass is 237 g/mol. The van der Waals surface area contributed by atoms with E-state index in [-0.39, 0.29) is 0 Å². The van der Waals surface area contributed by atoms with Gasteiger partial charge in [0.05, 0.1) is 5.69 Å². The molecule has 0 spiro atoms. The van der Waals surface area contributed by atoms with Crippen LogP contribution in [0, 0.1) is 6.92 Å². The molecule has 2 rings (SSSR count). The van der Waals surface area contributed by atoms with Crippen LogP contribution in [-0.4, -0.2) is 53.9 Å². The minimum Gasteiger partial charge on any atom is -0.369 e. The summed E-state index contributed by atoms with van der Waals surface area (Å²) < 4.78 is 1.90. The Balaban J connectivity index is 1.73. The number of nitrogens with zero attached hydrogens (tertiary/aromatic N) is 3. The van der Waals surface area contributed by atoms with E-state index in [2.05, 4.69) is 26.7 Å². The summed E-state index contributed by atoms with van der Waals surface area (Å²) in [5, 5.41) is 11.2. The molecule has 0 aliphatic carbocycles. The third kappa shape index (κ3) is 3.71. The van der Waals surface area contributed by atoms with Crippen LogP contribution in [0.3, 0.4) is 0 Å². The van der Waals surface area contributed by atoms with Crippen molar-refractivity contribution in [3.63, 3.8) is 0 Å². The van der Waals surface area contributed by atoms with Crippen LogP contribution in [0.25, 0.3) is 0 Å². The second kappa shape index (κ2) is 6.02. The van der Waals surface area contributed by atoms with Gasteiger partial charge in [-0.15, -0.1) is 0 Å². The lowest BCUT2D eigenvalue weighted by molar-refractivity contribution is 0.304. The molecule has 5 nitrogen and oxygen atoms in total. The second-order valence-corrected chi connectivity index (χ2v) is 4.67. The number of rotatable bonds is 4. The lowest BCUT2D eigenvalue weighted by Gasteiger charge is -2.19. The Labute approximate surface area is 103 Å². The SMILES string of the molecule is Cc1cc(NCCN2CCCNCC2)n(C)n1. The van der Waals surface area contributed by atoms with Gasteiger partial charge in [-0.1, -0.05) is 0 Å². The molecule has 0 radical (unpaired) electrons. The molecule has 1 saturated heterocycles. The van der Waals surface area contributed by atoms with Gasteiger partial charge >= 0.3 is 0 Å². The number of aryl methyl sites for hydroxylation is 2. The van der Waals surface area contributed by atoms with Gasteiger partial charge in [-0.05, 0) is 26.4 Å². The van der Waals surface area contributed by atoms with Crippen molar-refractivity contribution in [1.29, 1.82) is 0 Å². The van der Waals surface area contributed by atoms with Crippen molar-refractivity contribution in [2.45, 2.75) is 13.3 Å². The third-order valence-electron chi connectivity index (χ3n) is 3.17. The molecule has 0 saturated carbocycles. The Hall–Kier alpha value is -1.07. The average Bonchev–Trinajstić information content (AvgIpc) is 2.54. The Morgan fingerprint density at radius 2 is 2.29 bits per heavy atom. The van der Waals surface area contributed by atoms with Crippen LogP contribution in [0.4, 0.5) is 5.82 Å². The van der Waals surface area contributed by atoms with E-state index in [1.807, 2.05) is 18.7 Å². The number of hydrogen-bond donors (Lipinski definition) is 2. The van der Waals surface area contributed by atoms with Gasteiger partial charge in [-0.3, -0.25) is 4.68 Å². The summed E-state index contributed by atoms with van der Waals surface area (Å²) in [5.41, 5.74) is 1.06. The summed E-state index contributed by atoms with van der Waals surface area (Å²) >= 11 is 0. The molecular weight excluding hydrogens is 214 g/mol. The van der Waals surface area contributed by atoms with Crippen molar-refractivity contribution in [1.82, 2.24) is 20.0 Å². The first-order chi connectivity index (χ1) is 8.25. The molecule has 17 heavy (non-hydrogen) atoms. The summed E-state index contributed by atoms with van der Waals surface area (Å²) in [6.07, 6.45) is 1.25. The molecule has 5 heteroatoms. The zero-order valence-corrected chi connectivity index (χ0v) is 10.9. The molecule has 2 N–H and O–H groups in total. The molecule has 1 fully saturated rings. The van der Waals surface area contributed by atoms with Crippen molar-refractivity contribution < 1.29 is 0 Å². The lowest BCUT2D eigenvalue weighted by Crippen LogP contribution is -2.32. The Bertz CT molecular complexity index is 339. The zero-order valence-electron chi connectivity index (χ0n) is 10.9. The minimum absolute atomic E-state index is 0.985. The summed E-state index contributed by atoms with van der Waals surface area (Å²) in [5.74, 6) is 1.11. The maximum atomic E-state index is 4.32. The molecule has 2 heterocycles. The van der Waals surface area contributed by atoms with Gasteiger partial charge in [0, 0.05) is 39.3 Å². The van der Waals surface area contributed by atoms with Gasteiger partial charge in [0.1, 0.15) is 5.82 Å². The molecule has 0 bridgehead atoms. The van der Waals surface area contributed by atoms with Crippen LogP contribution in [0.5, 0.6) is 0 Å². The van der Waals surface area contributed by atoms with E-state index in [1.54, 1.807) is 0 Å². The molecule has 1 aromatic heterocycles. The van der Waals surface area contributed by atoms with E-state index >= 15 is 0 Å². The van der Waals surface area contributed by atoms with Gasteiger partial charge in [0.15, 0.2) is 0 Å². The first kappa shape index (κ1) is 12.4. The maximum absolute atomic E-state index is 4.32. The largest absolute Gasteiger partial charge is 0.369 e. The van der Waals surface area contributed by atoms with Crippen LogP contribution < -0.4 is 10.6 Å². The summed E-state index contributed by atoms with van der Waals surface area (Å²) in [6, 6.07) is 2.09. The fourth-order valence-corrected chi connectivity index (χ4v) is 2.24. The smallest absolute Gasteiger partial charge is 0.124 e. The molecule has 0 unspecified atom stereocenters. The quantitative estimate of drug-likeness (QED) is 0.797. The van der Waals surface area contributed by atoms with E-state index in [9.17, 15) is 0 Å². The molecule has 0 atom stereocenters. The van der Waals surface area contributed by atoms with Gasteiger partial charge in [-0.25, -0.2) is 0 Å². The second-order valence-electron chi connectivity index (χ2n) is 4.67. The predicted octanol–water partition coefficient (Wildman–Crippen LogP) is 0.436. The highest BCUT2D eigenvalue weighted by atomic mass is 15.3. The summed E-state index contributed by atoms with van der Waals surface area (Å²) in [6.45, 7) is 8.75. The van der Waals surface area contributed by atoms with Crippen LogP contribution in [0.2, 0.25) is 0 Å². The summed E-state index contributed by atoms with van der Waals surface area (Å²) in [4.78, 5) is 2.51. The van der Waals surface area contributed by atoms with Crippen LogP contribution >= 0.6 is 0 Å². The normalized spacial score (nSPS) is 18.0. The zero-order chi connectivity index (χ0) is 12.1. The molecular formula is C12H23N5. The number of anilines is 1. The van der Waals surface area contributed by atoms with Gasteiger partial charge < -0.3 is 15.5 Å². The van der Waals surface area contributed by atoms with Crippen molar-refractivity contribution in [3.05, 3.63) is 11.8 Å². The first-order valence-electron chi connectivity index (χ1n) is 6.43. The fraction of sp³-hybridized carbons (Fsp3) is 0.750. The van der Waals surface area contributed by atoms with Crippen molar-refractivity contribution in [3.8, 4) is 0 Å². The van der Waals surface area contributed by atoms with Crippen LogP contribution in [0.1, 0.15) is 12.1 Å². The average molecular weight is 237 g/mol. The van der Waals surface area contributed by atoms with Crippen molar-refractivity contribution >= 4 is 5.82 Å². The summed E-state index contributed by atoms with van der Waals surface area (Å²) in [7, 11) is 1.98. The molecule has 1 aliphatic rings. The van der Waals surface area contributed by atoms with Crippen LogP contribution in [0.15, 0.2) is 6.07 Å². The highest BCUT2D eigenvalue weighted by Crippen LogP contribution is 2.07. The van der Waals surface area contributed by atoms with Gasteiger partial charge in [0.25, 0.3) is 0 Å². The number of hydrogen-bond acceptors (Lipinski definition) is 4. The van der Waals surface area contributed by atoms with Crippen LogP contribution in [-0.2, 0) is 7.05 Å². The Morgan fingerprint density at radius 1 is 1.41 bits per heavy atom. The van der Waals surface area contributed by atoms with Crippen molar-refractivity contribution in [2.75, 3.05) is 44.6 Å². The molecule has 0 aromatic carbocycles. The molecule has 1 aliphatic heterocycles. The molecule has 0 amide bonds. The van der Waals surface area contributed by atoms with Gasteiger partial charge in [0.2, 0.25) is 0 Å². The maximum Gasteiger partial charge on any atom is 0.124 e. The van der Waals surface area contributed by atoms with Crippen molar-refractivity contribution in [2.24, 2.45) is 7.05 Å². The van der Waals surface area contributed by atoms with E-state index in [0.717, 1.165) is 44.2 Å². The standard InChI is InChI=1S/C12H23N5/c1-11-10-12(16(2)15-11)14-6-9-17-7-3-4-13-5-8-17/h10,13-14H,3-9H2,1-2H3. The topological polar surface area (TPSA) is 45.1 Å². The van der Waals surface area contributed by atoms with E-state index in [0.29, 0.717) is 0 Å².